The fraction of sp³-hybridized carbons (Fsp3) is 0.233. The lowest BCUT2D eigenvalue weighted by molar-refractivity contribution is 0.203. The van der Waals surface area contributed by atoms with Crippen LogP contribution >= 0.6 is 0 Å². The van der Waals surface area contributed by atoms with Gasteiger partial charge in [0.1, 0.15) is 5.75 Å². The number of carbonyl (C=O) groups excluding carboxylic acids is 1. The average Bonchev–Trinajstić information content (AvgIpc) is 3.42. The SMILES string of the molecule is CCOc1ccc(C2NC(=O)N(Cc3ccccc3)C(C)=C2c2nc(-c3ccc(CC)cc3)no2)cc1. The van der Waals surface area contributed by atoms with E-state index in [2.05, 4.69) is 29.5 Å². The molecule has 0 radical (unpaired) electrons. The van der Waals surface area contributed by atoms with Crippen LogP contribution in [0.15, 0.2) is 89.1 Å². The Bertz CT molecular complexity index is 1390. The van der Waals surface area contributed by atoms with Gasteiger partial charge in [-0.3, -0.25) is 4.90 Å². The van der Waals surface area contributed by atoms with Gasteiger partial charge in [0.05, 0.1) is 24.8 Å². The first kappa shape index (κ1) is 24.3. The van der Waals surface area contributed by atoms with E-state index in [1.165, 1.54) is 5.56 Å². The van der Waals surface area contributed by atoms with Gasteiger partial charge in [-0.05, 0) is 49.1 Å². The van der Waals surface area contributed by atoms with E-state index in [0.717, 1.165) is 40.1 Å². The number of urea groups is 1. The van der Waals surface area contributed by atoms with Crippen LogP contribution in [-0.2, 0) is 13.0 Å². The van der Waals surface area contributed by atoms with E-state index in [1.807, 2.05) is 80.6 Å². The number of nitrogens with one attached hydrogen (secondary N) is 1. The van der Waals surface area contributed by atoms with E-state index in [4.69, 9.17) is 14.2 Å². The molecule has 1 aromatic heterocycles. The number of ether oxygens (including phenoxy) is 1. The summed E-state index contributed by atoms with van der Waals surface area (Å²) in [5.41, 5.74) is 5.58. The van der Waals surface area contributed by atoms with Crippen molar-refractivity contribution in [3.8, 4) is 17.1 Å². The van der Waals surface area contributed by atoms with E-state index in [-0.39, 0.29) is 6.03 Å². The quantitative estimate of drug-likeness (QED) is 0.307. The van der Waals surface area contributed by atoms with E-state index >= 15 is 0 Å². The second-order valence-corrected chi connectivity index (χ2v) is 8.93. The Hall–Kier alpha value is -4.39. The van der Waals surface area contributed by atoms with Gasteiger partial charge in [-0.15, -0.1) is 0 Å². The molecule has 1 N–H and O–H groups in total. The first-order chi connectivity index (χ1) is 18.1. The normalized spacial score (nSPS) is 15.6. The fourth-order valence-electron chi connectivity index (χ4n) is 4.53. The summed E-state index contributed by atoms with van der Waals surface area (Å²) >= 11 is 0. The third-order valence-electron chi connectivity index (χ3n) is 6.58. The van der Waals surface area contributed by atoms with E-state index in [0.29, 0.717) is 24.9 Å². The Morgan fingerprint density at radius 1 is 0.946 bits per heavy atom. The van der Waals surface area contributed by atoms with Crippen LogP contribution in [0, 0.1) is 0 Å². The zero-order valence-corrected chi connectivity index (χ0v) is 21.3. The zero-order chi connectivity index (χ0) is 25.8. The summed E-state index contributed by atoms with van der Waals surface area (Å²) in [5, 5.41) is 7.43. The highest BCUT2D eigenvalue weighted by atomic mass is 16.5. The van der Waals surface area contributed by atoms with Crippen molar-refractivity contribution in [3.63, 3.8) is 0 Å². The van der Waals surface area contributed by atoms with Crippen LogP contribution in [0.3, 0.4) is 0 Å². The molecule has 0 spiro atoms. The molecule has 0 bridgehead atoms. The highest BCUT2D eigenvalue weighted by Crippen LogP contribution is 2.38. The van der Waals surface area contributed by atoms with Gasteiger partial charge in [-0.1, -0.05) is 78.8 Å². The number of benzene rings is 3. The van der Waals surface area contributed by atoms with Gasteiger partial charge in [-0.2, -0.15) is 4.98 Å². The third kappa shape index (κ3) is 5.11. The predicted molar refractivity (Wildman–Crippen MR) is 143 cm³/mol. The van der Waals surface area contributed by atoms with Gasteiger partial charge < -0.3 is 14.6 Å². The standard InChI is InChI=1S/C30H30N4O3/c1-4-21-11-13-24(14-12-21)28-32-29(37-33-28)26-20(3)34(19-22-9-7-6-8-10-22)30(35)31-27(26)23-15-17-25(18-16-23)36-5-2/h6-18,27H,4-5,19H2,1-3H3,(H,31,35). The molecule has 1 aliphatic heterocycles. The van der Waals surface area contributed by atoms with Gasteiger partial charge in [0.15, 0.2) is 0 Å². The average molecular weight is 495 g/mol. The number of aryl methyl sites for hydroxylation is 1. The first-order valence-corrected chi connectivity index (χ1v) is 12.6. The van der Waals surface area contributed by atoms with Gasteiger partial charge in [0, 0.05) is 11.3 Å². The molecule has 0 fully saturated rings. The van der Waals surface area contributed by atoms with Crippen molar-refractivity contribution in [2.24, 2.45) is 0 Å². The number of rotatable bonds is 8. The second-order valence-electron chi connectivity index (χ2n) is 8.93. The van der Waals surface area contributed by atoms with Crippen molar-refractivity contribution in [1.29, 1.82) is 0 Å². The largest absolute Gasteiger partial charge is 0.494 e. The molecule has 4 aromatic rings. The molecule has 5 rings (SSSR count). The van der Waals surface area contributed by atoms with Gasteiger partial charge in [0.25, 0.3) is 5.89 Å². The summed E-state index contributed by atoms with van der Waals surface area (Å²) in [5.74, 6) is 1.66. The number of aromatic nitrogens is 2. The van der Waals surface area contributed by atoms with Gasteiger partial charge in [0.2, 0.25) is 5.82 Å². The number of allylic oxidation sites excluding steroid dienone is 1. The third-order valence-corrected chi connectivity index (χ3v) is 6.58. The maximum absolute atomic E-state index is 13.3. The van der Waals surface area contributed by atoms with Gasteiger partial charge >= 0.3 is 6.03 Å². The second kappa shape index (κ2) is 10.7. The number of nitrogens with zero attached hydrogens (tertiary/aromatic N) is 3. The minimum atomic E-state index is -0.453. The number of hydrogen-bond acceptors (Lipinski definition) is 5. The molecule has 7 nitrogen and oxygen atoms in total. The Labute approximate surface area is 216 Å². The van der Waals surface area contributed by atoms with Crippen LogP contribution in [0.2, 0.25) is 0 Å². The van der Waals surface area contributed by atoms with E-state index in [1.54, 1.807) is 4.90 Å². The minimum Gasteiger partial charge on any atom is -0.494 e. The molecule has 188 valence electrons. The summed E-state index contributed by atoms with van der Waals surface area (Å²) in [4.78, 5) is 19.8. The molecule has 3 aromatic carbocycles. The number of amides is 2. The van der Waals surface area contributed by atoms with E-state index in [9.17, 15) is 4.79 Å². The van der Waals surface area contributed by atoms with Gasteiger partial charge in [-0.25, -0.2) is 4.79 Å². The van der Waals surface area contributed by atoms with E-state index < -0.39 is 6.04 Å². The van der Waals surface area contributed by atoms with Crippen LogP contribution in [0.4, 0.5) is 4.79 Å². The Morgan fingerprint density at radius 3 is 2.35 bits per heavy atom. The van der Waals surface area contributed by atoms with Crippen molar-refractivity contribution in [2.75, 3.05) is 6.61 Å². The summed E-state index contributed by atoms with van der Waals surface area (Å²) in [6.07, 6.45) is 0.963. The molecule has 2 heterocycles. The molecule has 0 aliphatic carbocycles. The molecule has 1 atom stereocenters. The number of hydrogen-bond donors (Lipinski definition) is 1. The molecule has 2 amide bonds. The minimum absolute atomic E-state index is 0.182. The predicted octanol–water partition coefficient (Wildman–Crippen LogP) is 6.40. The summed E-state index contributed by atoms with van der Waals surface area (Å²) in [6.45, 7) is 7.01. The molecular formula is C30H30N4O3. The summed E-state index contributed by atoms with van der Waals surface area (Å²) in [7, 11) is 0. The fourth-order valence-corrected chi connectivity index (χ4v) is 4.53. The number of carbonyl (C=O) groups is 1. The monoisotopic (exact) mass is 494 g/mol. The van der Waals surface area contributed by atoms with Crippen molar-refractivity contribution in [2.45, 2.75) is 39.8 Å². The first-order valence-electron chi connectivity index (χ1n) is 12.6. The van der Waals surface area contributed by atoms with Crippen LogP contribution < -0.4 is 10.1 Å². The van der Waals surface area contributed by atoms with Crippen molar-refractivity contribution in [1.82, 2.24) is 20.4 Å². The topological polar surface area (TPSA) is 80.5 Å². The lowest BCUT2D eigenvalue weighted by atomic mass is 9.94. The van der Waals surface area contributed by atoms with Crippen LogP contribution in [0.5, 0.6) is 5.75 Å². The van der Waals surface area contributed by atoms with Crippen molar-refractivity contribution in [3.05, 3.63) is 107 Å². The maximum Gasteiger partial charge on any atom is 0.322 e. The summed E-state index contributed by atoms with van der Waals surface area (Å²) in [6, 6.07) is 25.1. The Balaban J connectivity index is 1.56. The Morgan fingerprint density at radius 2 is 1.68 bits per heavy atom. The molecule has 7 heteroatoms. The lowest BCUT2D eigenvalue weighted by Gasteiger charge is -2.35. The highest BCUT2D eigenvalue weighted by Gasteiger charge is 2.35. The van der Waals surface area contributed by atoms with Crippen LogP contribution in [0.25, 0.3) is 17.0 Å². The lowest BCUT2D eigenvalue weighted by Crippen LogP contribution is -2.45. The molecule has 1 unspecified atom stereocenters. The molecular weight excluding hydrogens is 464 g/mol. The molecule has 0 saturated heterocycles. The molecule has 1 aliphatic rings. The van der Waals surface area contributed by atoms with Crippen LogP contribution in [-0.4, -0.2) is 27.7 Å². The van der Waals surface area contributed by atoms with Crippen molar-refractivity contribution >= 4 is 11.6 Å². The molecule has 0 saturated carbocycles. The molecule has 37 heavy (non-hydrogen) atoms. The van der Waals surface area contributed by atoms with Crippen molar-refractivity contribution < 1.29 is 14.1 Å². The maximum atomic E-state index is 13.3. The highest BCUT2D eigenvalue weighted by molar-refractivity contribution is 5.87. The smallest absolute Gasteiger partial charge is 0.322 e. The zero-order valence-electron chi connectivity index (χ0n) is 21.3. The summed E-state index contributed by atoms with van der Waals surface area (Å²) < 4.78 is 11.4. The Kier molecular flexibility index (Phi) is 7.03. The van der Waals surface area contributed by atoms with Crippen LogP contribution in [0.1, 0.15) is 49.4 Å².